The van der Waals surface area contributed by atoms with Crippen molar-refractivity contribution in [2.24, 2.45) is 5.73 Å². The maximum atomic E-state index is 13.6. The lowest BCUT2D eigenvalue weighted by atomic mass is 10.0. The summed E-state index contributed by atoms with van der Waals surface area (Å²) in [6.45, 7) is 7.24. The van der Waals surface area contributed by atoms with Crippen LogP contribution in [0.15, 0.2) is 53.4 Å². The molecule has 2 aromatic rings. The van der Waals surface area contributed by atoms with Gasteiger partial charge in [-0.3, -0.25) is 0 Å². The summed E-state index contributed by atoms with van der Waals surface area (Å²) in [4.78, 5) is 12.7. The third-order valence-electron chi connectivity index (χ3n) is 5.55. The second kappa shape index (κ2) is 8.45. The second-order valence-electron chi connectivity index (χ2n) is 8.86. The molecule has 2 aromatic carbocycles. The first-order chi connectivity index (χ1) is 14.4. The molecule has 3 atom stereocenters. The van der Waals surface area contributed by atoms with Gasteiger partial charge in [-0.25, -0.2) is 13.2 Å². The van der Waals surface area contributed by atoms with E-state index in [1.54, 1.807) is 20.8 Å². The molecule has 31 heavy (non-hydrogen) atoms. The number of halogens is 1. The largest absolute Gasteiger partial charge is 0.444 e. The van der Waals surface area contributed by atoms with E-state index in [0.717, 1.165) is 17.5 Å². The molecule has 0 heterocycles. The predicted octanol–water partition coefficient (Wildman–Crippen LogP) is 4.06. The Morgan fingerprint density at radius 3 is 2.19 bits per heavy atom. The Morgan fingerprint density at radius 1 is 1.13 bits per heavy atom. The summed E-state index contributed by atoms with van der Waals surface area (Å²) in [5.74, 6) is -0.503. The molecule has 0 aromatic heterocycles. The van der Waals surface area contributed by atoms with Gasteiger partial charge in [0.25, 0.3) is 0 Å². The maximum Gasteiger partial charge on any atom is 0.408 e. The number of benzene rings is 2. The van der Waals surface area contributed by atoms with Gasteiger partial charge in [0.15, 0.2) is 9.84 Å². The Morgan fingerprint density at radius 2 is 1.71 bits per heavy atom. The zero-order valence-electron chi connectivity index (χ0n) is 18.2. The molecule has 3 N–H and O–H groups in total. The minimum Gasteiger partial charge on any atom is -0.444 e. The molecule has 8 heteroatoms. The monoisotopic (exact) mass is 464 g/mol. The highest BCUT2D eigenvalue weighted by molar-refractivity contribution is 7.92. The lowest BCUT2D eigenvalue weighted by molar-refractivity contribution is 0.0497. The van der Waals surface area contributed by atoms with Gasteiger partial charge in [-0.1, -0.05) is 42.8 Å². The number of rotatable bonds is 6. The van der Waals surface area contributed by atoms with E-state index in [2.05, 4.69) is 5.32 Å². The molecule has 3 rings (SSSR count). The first kappa shape index (κ1) is 23.6. The van der Waals surface area contributed by atoms with Crippen molar-refractivity contribution < 1.29 is 17.9 Å². The number of ether oxygens (including phenoxy) is 1. The van der Waals surface area contributed by atoms with Gasteiger partial charge in [0.1, 0.15) is 10.9 Å². The topological polar surface area (TPSA) is 98.5 Å². The molecular weight excluding hydrogens is 436 g/mol. The fourth-order valence-electron chi connectivity index (χ4n) is 4.00. The summed E-state index contributed by atoms with van der Waals surface area (Å²) < 4.78 is 32.5. The molecule has 6 nitrogen and oxygen atoms in total. The first-order valence-corrected chi connectivity index (χ1v) is 12.2. The number of sulfone groups is 1. The molecular formula is C23H29ClN2O4S. The summed E-state index contributed by atoms with van der Waals surface area (Å²) >= 11 is 5.94. The Labute approximate surface area is 189 Å². The minimum absolute atomic E-state index is 0.0517. The van der Waals surface area contributed by atoms with Crippen LogP contribution in [0.4, 0.5) is 4.79 Å². The van der Waals surface area contributed by atoms with Crippen molar-refractivity contribution in [3.05, 3.63) is 64.7 Å². The van der Waals surface area contributed by atoms with Crippen molar-refractivity contribution in [1.82, 2.24) is 5.32 Å². The first-order valence-electron chi connectivity index (χ1n) is 10.2. The van der Waals surface area contributed by atoms with E-state index in [9.17, 15) is 13.2 Å². The molecule has 168 valence electrons. The predicted molar refractivity (Wildman–Crippen MR) is 122 cm³/mol. The minimum atomic E-state index is -3.81. The average Bonchev–Trinajstić information content (AvgIpc) is 3.36. The maximum absolute atomic E-state index is 13.6. The van der Waals surface area contributed by atoms with Crippen LogP contribution in [0.5, 0.6) is 0 Å². The summed E-state index contributed by atoms with van der Waals surface area (Å²) in [7, 11) is -3.81. The Kier molecular flexibility index (Phi) is 6.42. The van der Waals surface area contributed by atoms with Crippen LogP contribution in [-0.4, -0.2) is 37.4 Å². The number of hydrogen-bond donors (Lipinski definition) is 2. The Hall–Kier alpha value is -2.09. The summed E-state index contributed by atoms with van der Waals surface area (Å²) in [5.41, 5.74) is 6.15. The fraction of sp³-hybridized carbons (Fsp3) is 0.435. The molecule has 1 saturated carbocycles. The number of hydrogen-bond acceptors (Lipinski definition) is 5. The Balaban J connectivity index is 2.03. The SMILES string of the molecule is CCc1ccc([C@H]2[C@@H](S(=O)(=O)c3ccc(Cl)cc3)[C@@]2(CN)NC(=O)OC(C)(C)C)cc1. The summed E-state index contributed by atoms with van der Waals surface area (Å²) in [6, 6.07) is 13.8. The fourth-order valence-corrected chi connectivity index (χ4v) is 6.47. The molecule has 1 amide bonds. The molecule has 0 radical (unpaired) electrons. The van der Waals surface area contributed by atoms with Gasteiger partial charge in [0.05, 0.1) is 10.4 Å². The van der Waals surface area contributed by atoms with Gasteiger partial charge in [-0.15, -0.1) is 0 Å². The van der Waals surface area contributed by atoms with E-state index < -0.39 is 38.2 Å². The molecule has 1 aliphatic rings. The van der Waals surface area contributed by atoms with Crippen LogP contribution in [-0.2, 0) is 21.0 Å². The lowest BCUT2D eigenvalue weighted by Crippen LogP contribution is -2.49. The van der Waals surface area contributed by atoms with E-state index in [1.807, 2.05) is 31.2 Å². The second-order valence-corrected chi connectivity index (χ2v) is 11.4. The van der Waals surface area contributed by atoms with E-state index in [4.69, 9.17) is 22.1 Å². The van der Waals surface area contributed by atoms with Gasteiger partial charge in [-0.2, -0.15) is 0 Å². The van der Waals surface area contributed by atoms with Crippen LogP contribution < -0.4 is 11.1 Å². The van der Waals surface area contributed by atoms with E-state index in [-0.39, 0.29) is 11.4 Å². The third kappa shape index (κ3) is 4.73. The number of alkyl carbamates (subject to hydrolysis) is 1. The normalized spacial score (nSPS) is 23.3. The van der Waals surface area contributed by atoms with Gasteiger partial charge in [0, 0.05) is 17.5 Å². The van der Waals surface area contributed by atoms with Crippen molar-refractivity contribution in [2.75, 3.05) is 6.54 Å². The lowest BCUT2D eigenvalue weighted by Gasteiger charge is -2.24. The van der Waals surface area contributed by atoms with Crippen molar-refractivity contribution >= 4 is 27.5 Å². The highest BCUT2D eigenvalue weighted by atomic mass is 35.5. The van der Waals surface area contributed by atoms with E-state index >= 15 is 0 Å². The number of nitrogens with one attached hydrogen (secondary N) is 1. The zero-order chi connectivity index (χ0) is 23.0. The number of aryl methyl sites for hydroxylation is 1. The molecule has 0 aliphatic heterocycles. The van der Waals surface area contributed by atoms with Crippen LogP contribution in [0.25, 0.3) is 0 Å². The summed E-state index contributed by atoms with van der Waals surface area (Å²) in [5, 5.41) is 2.31. The number of amides is 1. The summed E-state index contributed by atoms with van der Waals surface area (Å²) in [6.07, 6.45) is 0.178. The number of carbonyl (C=O) groups excluding carboxylic acids is 1. The van der Waals surface area contributed by atoms with Crippen LogP contribution in [0, 0.1) is 0 Å². The molecule has 1 fully saturated rings. The molecule has 1 aliphatic carbocycles. The van der Waals surface area contributed by atoms with Gasteiger partial charge < -0.3 is 15.8 Å². The van der Waals surface area contributed by atoms with Crippen LogP contribution in [0.3, 0.4) is 0 Å². The van der Waals surface area contributed by atoms with Crippen molar-refractivity contribution in [2.45, 2.75) is 61.3 Å². The van der Waals surface area contributed by atoms with Crippen molar-refractivity contribution in [3.8, 4) is 0 Å². The molecule has 0 spiro atoms. The van der Waals surface area contributed by atoms with Crippen LogP contribution in [0.1, 0.15) is 44.7 Å². The highest BCUT2D eigenvalue weighted by Crippen LogP contribution is 2.57. The van der Waals surface area contributed by atoms with Gasteiger partial charge in [0.2, 0.25) is 0 Å². The van der Waals surface area contributed by atoms with E-state index in [1.165, 1.54) is 24.3 Å². The van der Waals surface area contributed by atoms with Gasteiger partial charge >= 0.3 is 6.09 Å². The Bertz CT molecular complexity index is 1050. The van der Waals surface area contributed by atoms with E-state index in [0.29, 0.717) is 5.02 Å². The van der Waals surface area contributed by atoms with Crippen LogP contribution in [0.2, 0.25) is 5.02 Å². The van der Waals surface area contributed by atoms with Crippen molar-refractivity contribution in [1.29, 1.82) is 0 Å². The number of nitrogens with two attached hydrogens (primary N) is 1. The highest BCUT2D eigenvalue weighted by Gasteiger charge is 2.71. The third-order valence-corrected chi connectivity index (χ3v) is 8.09. The molecule has 0 saturated heterocycles. The zero-order valence-corrected chi connectivity index (χ0v) is 19.8. The average molecular weight is 465 g/mol. The van der Waals surface area contributed by atoms with Gasteiger partial charge in [-0.05, 0) is 62.6 Å². The van der Waals surface area contributed by atoms with Crippen molar-refractivity contribution in [3.63, 3.8) is 0 Å². The quantitative estimate of drug-likeness (QED) is 0.671. The number of carbonyl (C=O) groups is 1. The molecule has 0 bridgehead atoms. The standard InChI is InChI=1S/C23H29ClN2O4S/c1-5-15-6-8-16(9-7-15)19-20(31(28,29)18-12-10-17(24)11-13-18)23(19,14-25)26-21(27)30-22(2,3)4/h6-13,19-20H,5,14,25H2,1-4H3,(H,26,27)/t19-,20+,23-/m0/s1. The molecule has 0 unspecified atom stereocenters. The smallest absolute Gasteiger partial charge is 0.408 e. The van der Waals surface area contributed by atoms with Crippen LogP contribution >= 0.6 is 11.6 Å².